The number of nitrogens with zero attached hydrogens (tertiary/aromatic N) is 2. The van der Waals surface area contributed by atoms with E-state index in [2.05, 4.69) is 5.32 Å². The quantitative estimate of drug-likeness (QED) is 0.638. The second-order valence-corrected chi connectivity index (χ2v) is 7.48. The molecular weight excluding hydrogens is 411 g/mol. The molecule has 2 heterocycles. The van der Waals surface area contributed by atoms with Crippen LogP contribution in [0.1, 0.15) is 16.1 Å². The molecule has 0 spiro atoms. The Hall–Kier alpha value is -2.96. The van der Waals surface area contributed by atoms with E-state index in [1.165, 1.54) is 0 Å². The third kappa shape index (κ3) is 3.57. The zero-order valence-electron chi connectivity index (χ0n) is 15.4. The first-order valence-corrected chi connectivity index (χ1v) is 9.79. The Labute approximate surface area is 177 Å². The highest BCUT2D eigenvalue weighted by atomic mass is 35.5. The van der Waals surface area contributed by atoms with Gasteiger partial charge in [-0.2, -0.15) is 0 Å². The first-order valence-electron chi connectivity index (χ1n) is 9.04. The minimum Gasteiger partial charge on any atom is -0.365 e. The minimum absolute atomic E-state index is 0.209. The van der Waals surface area contributed by atoms with Crippen molar-refractivity contribution in [2.24, 2.45) is 5.73 Å². The van der Waals surface area contributed by atoms with E-state index in [-0.39, 0.29) is 18.1 Å². The molecule has 3 N–H and O–H groups in total. The number of carbonyl (C=O) groups excluding carboxylic acids is 2. The van der Waals surface area contributed by atoms with Crippen molar-refractivity contribution in [2.45, 2.75) is 13.1 Å². The van der Waals surface area contributed by atoms with Crippen LogP contribution in [0.25, 0.3) is 11.3 Å². The predicted octanol–water partition coefficient (Wildman–Crippen LogP) is 4.61. The molecule has 0 saturated heterocycles. The van der Waals surface area contributed by atoms with Crippen LogP contribution in [-0.2, 0) is 13.1 Å². The van der Waals surface area contributed by atoms with Gasteiger partial charge in [-0.05, 0) is 17.7 Å². The molecule has 3 amide bonds. The van der Waals surface area contributed by atoms with Crippen molar-refractivity contribution in [1.82, 2.24) is 9.47 Å². The standard InChI is InChI=1S/C21H18Cl2N4O2/c22-14-8-4-5-9-15(14)25-21(29)26-10-11-27-16(12-26)17(20(24)28)18(23)19(27)13-6-2-1-3-7-13/h1-9H,10-12H2,(H2,24,28)(H,25,29). The highest BCUT2D eigenvalue weighted by molar-refractivity contribution is 6.36. The van der Waals surface area contributed by atoms with Crippen molar-refractivity contribution in [2.75, 3.05) is 11.9 Å². The molecular formula is C21H18Cl2N4O2. The van der Waals surface area contributed by atoms with Gasteiger partial charge in [0, 0.05) is 13.1 Å². The Morgan fingerprint density at radius 1 is 0.966 bits per heavy atom. The maximum atomic E-state index is 12.8. The van der Waals surface area contributed by atoms with Crippen LogP contribution in [0.2, 0.25) is 10.0 Å². The van der Waals surface area contributed by atoms with E-state index in [1.54, 1.807) is 29.2 Å². The van der Waals surface area contributed by atoms with Gasteiger partial charge in [-0.1, -0.05) is 65.7 Å². The van der Waals surface area contributed by atoms with Crippen LogP contribution in [-0.4, -0.2) is 28.0 Å². The van der Waals surface area contributed by atoms with Gasteiger partial charge in [-0.25, -0.2) is 4.79 Å². The number of nitrogens with one attached hydrogen (secondary N) is 1. The topological polar surface area (TPSA) is 80.4 Å². The smallest absolute Gasteiger partial charge is 0.322 e. The number of hydrogen-bond donors (Lipinski definition) is 2. The van der Waals surface area contributed by atoms with Gasteiger partial charge >= 0.3 is 6.03 Å². The fraction of sp³-hybridized carbons (Fsp3) is 0.143. The lowest BCUT2D eigenvalue weighted by Crippen LogP contribution is -2.41. The molecule has 0 fully saturated rings. The lowest BCUT2D eigenvalue weighted by atomic mass is 10.1. The average molecular weight is 429 g/mol. The van der Waals surface area contributed by atoms with Crippen molar-refractivity contribution in [3.8, 4) is 11.3 Å². The molecule has 6 nitrogen and oxygen atoms in total. The first-order chi connectivity index (χ1) is 14.0. The number of rotatable bonds is 3. The predicted molar refractivity (Wildman–Crippen MR) is 114 cm³/mol. The maximum absolute atomic E-state index is 12.8. The van der Waals surface area contributed by atoms with Gasteiger partial charge in [0.1, 0.15) is 0 Å². The highest BCUT2D eigenvalue weighted by Crippen LogP contribution is 2.38. The SMILES string of the molecule is NC(=O)c1c(Cl)c(-c2ccccc2)n2c1CN(C(=O)Nc1ccccc1Cl)CC2. The normalized spacial score (nSPS) is 13.1. The van der Waals surface area contributed by atoms with E-state index < -0.39 is 5.91 Å². The van der Waals surface area contributed by atoms with E-state index in [1.807, 2.05) is 34.9 Å². The summed E-state index contributed by atoms with van der Waals surface area (Å²) >= 11 is 12.7. The Bertz CT molecular complexity index is 1100. The molecule has 1 aliphatic heterocycles. The second-order valence-electron chi connectivity index (χ2n) is 6.70. The number of anilines is 1. The van der Waals surface area contributed by atoms with E-state index in [4.69, 9.17) is 28.9 Å². The minimum atomic E-state index is -0.616. The number of carbonyl (C=O) groups is 2. The van der Waals surface area contributed by atoms with Crippen LogP contribution in [0.15, 0.2) is 54.6 Å². The third-order valence-electron chi connectivity index (χ3n) is 4.94. The maximum Gasteiger partial charge on any atom is 0.322 e. The Balaban J connectivity index is 1.68. The van der Waals surface area contributed by atoms with Crippen molar-refractivity contribution in [3.05, 3.63) is 75.9 Å². The number of aromatic nitrogens is 1. The zero-order chi connectivity index (χ0) is 20.5. The molecule has 148 valence electrons. The molecule has 0 atom stereocenters. The number of fused-ring (bicyclic) bond motifs is 1. The van der Waals surface area contributed by atoms with Crippen molar-refractivity contribution in [3.63, 3.8) is 0 Å². The van der Waals surface area contributed by atoms with Crippen LogP contribution >= 0.6 is 23.2 Å². The van der Waals surface area contributed by atoms with Gasteiger partial charge in [-0.15, -0.1) is 0 Å². The van der Waals surface area contributed by atoms with Gasteiger partial charge in [0.15, 0.2) is 0 Å². The molecule has 0 radical (unpaired) electrons. The Kier molecular flexibility index (Phi) is 5.22. The number of halogens is 2. The summed E-state index contributed by atoms with van der Waals surface area (Å²) < 4.78 is 1.97. The van der Waals surface area contributed by atoms with Gasteiger partial charge < -0.3 is 20.5 Å². The van der Waals surface area contributed by atoms with Crippen LogP contribution in [0.3, 0.4) is 0 Å². The van der Waals surface area contributed by atoms with Gasteiger partial charge in [0.25, 0.3) is 5.91 Å². The molecule has 1 aromatic heterocycles. The third-order valence-corrected chi connectivity index (χ3v) is 5.64. The van der Waals surface area contributed by atoms with Crippen molar-refractivity contribution in [1.29, 1.82) is 0 Å². The summed E-state index contributed by atoms with van der Waals surface area (Å²) in [4.78, 5) is 26.5. The van der Waals surface area contributed by atoms with E-state index in [0.717, 1.165) is 11.3 Å². The summed E-state index contributed by atoms with van der Waals surface area (Å²) in [5, 5.41) is 3.57. The molecule has 3 aromatic rings. The lowest BCUT2D eigenvalue weighted by Gasteiger charge is -2.30. The number of primary amides is 1. The molecule has 0 bridgehead atoms. The number of urea groups is 1. The van der Waals surface area contributed by atoms with Crippen molar-refractivity contribution < 1.29 is 9.59 Å². The summed E-state index contributed by atoms with van der Waals surface area (Å²) in [6.07, 6.45) is 0. The highest BCUT2D eigenvalue weighted by Gasteiger charge is 2.31. The molecule has 8 heteroatoms. The van der Waals surface area contributed by atoms with Crippen LogP contribution < -0.4 is 11.1 Å². The van der Waals surface area contributed by atoms with Crippen LogP contribution in [0.5, 0.6) is 0 Å². The molecule has 2 aromatic carbocycles. The number of hydrogen-bond acceptors (Lipinski definition) is 2. The van der Waals surface area contributed by atoms with E-state index in [0.29, 0.717) is 34.5 Å². The molecule has 1 aliphatic rings. The van der Waals surface area contributed by atoms with Gasteiger partial charge in [0.05, 0.1) is 39.2 Å². The summed E-state index contributed by atoms with van der Waals surface area (Å²) in [6, 6.07) is 16.3. The molecule has 0 saturated carbocycles. The lowest BCUT2D eigenvalue weighted by molar-refractivity contribution is 0.0997. The molecule has 0 aliphatic carbocycles. The Morgan fingerprint density at radius 3 is 2.34 bits per heavy atom. The Morgan fingerprint density at radius 2 is 1.66 bits per heavy atom. The molecule has 29 heavy (non-hydrogen) atoms. The monoisotopic (exact) mass is 428 g/mol. The van der Waals surface area contributed by atoms with E-state index in [9.17, 15) is 9.59 Å². The zero-order valence-corrected chi connectivity index (χ0v) is 16.9. The second kappa shape index (κ2) is 7.81. The summed E-state index contributed by atoms with van der Waals surface area (Å²) in [5.41, 5.74) is 8.65. The first kappa shape index (κ1) is 19.4. The van der Waals surface area contributed by atoms with Crippen LogP contribution in [0, 0.1) is 0 Å². The number of benzene rings is 2. The number of para-hydroxylation sites is 1. The summed E-state index contributed by atoms with van der Waals surface area (Å²) in [6.45, 7) is 1.15. The largest absolute Gasteiger partial charge is 0.365 e. The summed E-state index contributed by atoms with van der Waals surface area (Å²) in [5.74, 6) is -0.616. The number of nitrogens with two attached hydrogens (primary N) is 1. The van der Waals surface area contributed by atoms with Gasteiger partial charge in [0.2, 0.25) is 0 Å². The van der Waals surface area contributed by atoms with Gasteiger partial charge in [-0.3, -0.25) is 4.79 Å². The summed E-state index contributed by atoms with van der Waals surface area (Å²) in [7, 11) is 0. The average Bonchev–Trinajstić information content (AvgIpc) is 3.01. The number of amides is 3. The van der Waals surface area contributed by atoms with Crippen LogP contribution in [0.4, 0.5) is 10.5 Å². The molecule has 4 rings (SSSR count). The van der Waals surface area contributed by atoms with E-state index >= 15 is 0 Å². The fourth-order valence-corrected chi connectivity index (χ4v) is 4.18. The fourth-order valence-electron chi connectivity index (χ4n) is 3.58. The molecule has 0 unspecified atom stereocenters. The van der Waals surface area contributed by atoms with Crippen molar-refractivity contribution >= 4 is 40.8 Å².